The van der Waals surface area contributed by atoms with Crippen molar-refractivity contribution in [3.63, 3.8) is 0 Å². The highest BCUT2D eigenvalue weighted by Crippen LogP contribution is 2.28. The lowest BCUT2D eigenvalue weighted by atomic mass is 10.3. The van der Waals surface area contributed by atoms with Crippen molar-refractivity contribution < 1.29 is 17.9 Å². The highest BCUT2D eigenvalue weighted by molar-refractivity contribution is 7.89. The third-order valence-corrected chi connectivity index (χ3v) is 5.69. The van der Waals surface area contributed by atoms with Crippen molar-refractivity contribution in [2.45, 2.75) is 24.8 Å². The van der Waals surface area contributed by atoms with Crippen molar-refractivity contribution >= 4 is 33.0 Å². The minimum absolute atomic E-state index is 0.0758. The molecule has 0 aliphatic heterocycles. The lowest BCUT2D eigenvalue weighted by Gasteiger charge is -2.15. The van der Waals surface area contributed by atoms with Crippen LogP contribution in [0.5, 0.6) is 5.75 Å². The number of rotatable bonds is 6. The molecule has 0 bridgehead atoms. The van der Waals surface area contributed by atoms with E-state index in [2.05, 4.69) is 10.0 Å². The van der Waals surface area contributed by atoms with Gasteiger partial charge in [-0.3, -0.25) is 4.79 Å². The number of nitrogens with one attached hydrogen (secondary N) is 2. The van der Waals surface area contributed by atoms with Gasteiger partial charge in [-0.2, -0.15) is 0 Å². The van der Waals surface area contributed by atoms with Gasteiger partial charge in [0, 0.05) is 17.9 Å². The molecular formula is C15H18N2O4S2. The van der Waals surface area contributed by atoms with Crippen LogP contribution in [0.2, 0.25) is 0 Å². The number of methoxy groups -OCH3 is 1. The number of hydrogen-bond acceptors (Lipinski definition) is 5. The van der Waals surface area contributed by atoms with Gasteiger partial charge in [0.15, 0.2) is 0 Å². The third-order valence-electron chi connectivity index (χ3n) is 3.10. The summed E-state index contributed by atoms with van der Waals surface area (Å²) in [5, 5.41) is 4.48. The summed E-state index contributed by atoms with van der Waals surface area (Å²) in [5.41, 5.74) is 0.422. The topological polar surface area (TPSA) is 84.5 Å². The molecule has 0 radical (unpaired) electrons. The standard InChI is InChI=1S/C15H18N2O4S2/c1-10(15-5-4-8-22-15)17-23(19,20)12-6-7-13(16-11(2)18)14(9-12)21-3/h4-10,17H,1-3H3,(H,16,18)/t10-/m1/s1. The molecule has 2 aromatic rings. The first-order valence-corrected chi connectivity index (χ1v) is 9.21. The molecule has 1 aromatic heterocycles. The molecule has 2 rings (SSSR count). The van der Waals surface area contributed by atoms with Crippen molar-refractivity contribution in [3.8, 4) is 5.75 Å². The van der Waals surface area contributed by atoms with E-state index in [1.54, 1.807) is 6.92 Å². The smallest absolute Gasteiger partial charge is 0.241 e. The molecule has 23 heavy (non-hydrogen) atoms. The number of amides is 1. The predicted molar refractivity (Wildman–Crippen MR) is 90.4 cm³/mol. The van der Waals surface area contributed by atoms with E-state index >= 15 is 0 Å². The van der Waals surface area contributed by atoms with E-state index in [1.807, 2.05) is 17.5 Å². The molecule has 0 unspecified atom stereocenters. The van der Waals surface area contributed by atoms with E-state index in [0.717, 1.165) is 4.88 Å². The van der Waals surface area contributed by atoms with Crippen LogP contribution in [0.3, 0.4) is 0 Å². The number of carbonyl (C=O) groups excluding carboxylic acids is 1. The van der Waals surface area contributed by atoms with Gasteiger partial charge in [0.05, 0.1) is 23.7 Å². The minimum atomic E-state index is -3.70. The predicted octanol–water partition coefficient (Wildman–Crippen LogP) is 2.75. The van der Waals surface area contributed by atoms with E-state index in [1.165, 1.54) is 43.6 Å². The normalized spacial score (nSPS) is 12.7. The van der Waals surface area contributed by atoms with Crippen LogP contribution in [0.25, 0.3) is 0 Å². The second-order valence-corrected chi connectivity index (χ2v) is 7.59. The first-order chi connectivity index (χ1) is 10.8. The van der Waals surface area contributed by atoms with Crippen molar-refractivity contribution in [3.05, 3.63) is 40.6 Å². The molecule has 0 aliphatic rings. The summed E-state index contributed by atoms with van der Waals surface area (Å²) in [4.78, 5) is 12.1. The molecule has 0 saturated heterocycles. The lowest BCUT2D eigenvalue weighted by molar-refractivity contribution is -0.114. The Balaban J connectivity index is 2.27. The molecule has 0 aliphatic carbocycles. The molecule has 0 spiro atoms. The number of carbonyl (C=O) groups is 1. The maximum Gasteiger partial charge on any atom is 0.241 e. The van der Waals surface area contributed by atoms with Crippen molar-refractivity contribution in [2.75, 3.05) is 12.4 Å². The molecule has 1 atom stereocenters. The van der Waals surface area contributed by atoms with Gasteiger partial charge >= 0.3 is 0 Å². The Labute approximate surface area is 139 Å². The van der Waals surface area contributed by atoms with E-state index in [-0.39, 0.29) is 22.6 Å². The van der Waals surface area contributed by atoms with Crippen LogP contribution in [0.4, 0.5) is 5.69 Å². The van der Waals surface area contributed by atoms with Crippen LogP contribution in [0, 0.1) is 0 Å². The molecule has 6 nitrogen and oxygen atoms in total. The Hall–Kier alpha value is -1.90. The number of anilines is 1. The Morgan fingerprint density at radius 1 is 1.30 bits per heavy atom. The zero-order valence-corrected chi connectivity index (χ0v) is 14.6. The Morgan fingerprint density at radius 2 is 2.04 bits per heavy atom. The van der Waals surface area contributed by atoms with Crippen molar-refractivity contribution in [2.24, 2.45) is 0 Å². The third kappa shape index (κ3) is 4.31. The summed E-state index contributed by atoms with van der Waals surface area (Å²) in [7, 11) is -2.28. The molecular weight excluding hydrogens is 336 g/mol. The highest BCUT2D eigenvalue weighted by Gasteiger charge is 2.20. The second-order valence-electron chi connectivity index (χ2n) is 4.90. The molecule has 124 valence electrons. The first-order valence-electron chi connectivity index (χ1n) is 6.85. The average Bonchev–Trinajstić information content (AvgIpc) is 3.00. The zero-order chi connectivity index (χ0) is 17.0. The fourth-order valence-corrected chi connectivity index (χ4v) is 4.08. The Bertz CT molecular complexity index is 786. The van der Waals surface area contributed by atoms with Gasteiger partial charge < -0.3 is 10.1 Å². The quantitative estimate of drug-likeness (QED) is 0.835. The summed E-state index contributed by atoms with van der Waals surface area (Å²) in [5.74, 6) is 0.0233. The SMILES string of the molecule is COc1cc(S(=O)(=O)N[C@H](C)c2cccs2)ccc1NC(C)=O. The minimum Gasteiger partial charge on any atom is -0.495 e. The lowest BCUT2D eigenvalue weighted by Crippen LogP contribution is -2.26. The molecule has 1 aromatic carbocycles. The molecule has 1 heterocycles. The van der Waals surface area contributed by atoms with Crippen LogP contribution in [0.15, 0.2) is 40.6 Å². The van der Waals surface area contributed by atoms with Crippen molar-refractivity contribution in [1.82, 2.24) is 4.72 Å². The maximum atomic E-state index is 12.5. The summed E-state index contributed by atoms with van der Waals surface area (Å²) in [6.07, 6.45) is 0. The first kappa shape index (κ1) is 17.5. The number of sulfonamides is 1. The molecule has 0 fully saturated rings. The fourth-order valence-electron chi connectivity index (χ4n) is 2.03. The van der Waals surface area contributed by atoms with Gasteiger partial charge in [-0.05, 0) is 30.5 Å². The highest BCUT2D eigenvalue weighted by atomic mass is 32.2. The van der Waals surface area contributed by atoms with Gasteiger partial charge in [-0.25, -0.2) is 13.1 Å². The Kier molecular flexibility index (Phi) is 5.40. The van der Waals surface area contributed by atoms with Crippen LogP contribution in [0.1, 0.15) is 24.8 Å². The van der Waals surface area contributed by atoms with E-state index in [4.69, 9.17) is 4.74 Å². The summed E-state index contributed by atoms with van der Waals surface area (Å²) >= 11 is 1.48. The monoisotopic (exact) mass is 354 g/mol. The molecule has 8 heteroatoms. The van der Waals surface area contributed by atoms with Gasteiger partial charge in [0.25, 0.3) is 0 Å². The van der Waals surface area contributed by atoms with Crippen LogP contribution < -0.4 is 14.8 Å². The molecule has 1 amide bonds. The zero-order valence-electron chi connectivity index (χ0n) is 13.0. The second kappa shape index (κ2) is 7.12. The number of thiophene rings is 1. The van der Waals surface area contributed by atoms with Crippen LogP contribution in [-0.4, -0.2) is 21.4 Å². The average molecular weight is 354 g/mol. The summed E-state index contributed by atoms with van der Waals surface area (Å²) in [6, 6.07) is 7.73. The van der Waals surface area contributed by atoms with E-state index < -0.39 is 10.0 Å². The van der Waals surface area contributed by atoms with Crippen molar-refractivity contribution in [1.29, 1.82) is 0 Å². The molecule has 2 N–H and O–H groups in total. The number of ether oxygens (including phenoxy) is 1. The summed E-state index contributed by atoms with van der Waals surface area (Å²) < 4.78 is 32.8. The van der Waals surface area contributed by atoms with Gasteiger partial charge in [-0.1, -0.05) is 6.07 Å². The van der Waals surface area contributed by atoms with E-state index in [9.17, 15) is 13.2 Å². The van der Waals surface area contributed by atoms with Gasteiger partial charge in [0.1, 0.15) is 5.75 Å². The Morgan fingerprint density at radius 3 is 2.61 bits per heavy atom. The maximum absolute atomic E-state index is 12.5. The number of benzene rings is 1. The van der Waals surface area contributed by atoms with E-state index in [0.29, 0.717) is 5.69 Å². The van der Waals surface area contributed by atoms with Gasteiger partial charge in [-0.15, -0.1) is 11.3 Å². The van der Waals surface area contributed by atoms with Gasteiger partial charge in [0.2, 0.25) is 15.9 Å². The van der Waals surface area contributed by atoms with Crippen LogP contribution in [-0.2, 0) is 14.8 Å². The summed E-state index contributed by atoms with van der Waals surface area (Å²) in [6.45, 7) is 3.15. The number of hydrogen-bond donors (Lipinski definition) is 2. The molecule has 0 saturated carbocycles. The largest absolute Gasteiger partial charge is 0.495 e. The fraction of sp³-hybridized carbons (Fsp3) is 0.267. The van der Waals surface area contributed by atoms with Crippen LogP contribution >= 0.6 is 11.3 Å².